The number of benzene rings is 11. The number of para-hydroxylation sites is 1. The van der Waals surface area contributed by atoms with Crippen LogP contribution in [0, 0.1) is 0 Å². The summed E-state index contributed by atoms with van der Waals surface area (Å²) in [6.07, 6.45) is 1.88. The quantitative estimate of drug-likeness (QED) is 0.115. The van der Waals surface area contributed by atoms with Crippen molar-refractivity contribution >= 4 is 80.4 Å². The third-order valence-electron chi connectivity index (χ3n) is 16.7. The van der Waals surface area contributed by atoms with Gasteiger partial charge < -0.3 is 14.2 Å². The topological polar surface area (TPSA) is 44.3 Å². The number of hydrogen-bond donors (Lipinski definition) is 0. The van der Waals surface area contributed by atoms with Gasteiger partial charge in [-0.05, 0) is 147 Å². The Labute approximate surface area is 488 Å². The maximum Gasteiger partial charge on any atom is 0.145 e. The van der Waals surface area contributed by atoms with Crippen LogP contribution in [0.4, 0.5) is 45.5 Å². The molecule has 11 aromatic carbocycles. The van der Waals surface area contributed by atoms with Gasteiger partial charge in [0.05, 0.1) is 27.9 Å². The second-order valence-electron chi connectivity index (χ2n) is 23.8. The van der Waals surface area contributed by atoms with Crippen LogP contribution >= 0.6 is 0 Å². The summed E-state index contributed by atoms with van der Waals surface area (Å²) < 4.78 is 7.48. The summed E-state index contributed by atoms with van der Waals surface area (Å²) in [6, 6.07) is 92.5. The maximum absolute atomic E-state index is 7.48. The van der Waals surface area contributed by atoms with Crippen LogP contribution in [0.2, 0.25) is 0 Å². The molecule has 404 valence electrons. The number of furan rings is 1. The maximum atomic E-state index is 7.48. The van der Waals surface area contributed by atoms with E-state index in [1.807, 2.05) is 13.1 Å². The van der Waals surface area contributed by atoms with Gasteiger partial charge in [0.1, 0.15) is 16.9 Å². The lowest BCUT2D eigenvalue weighted by atomic mass is 9.67. The molecule has 0 fully saturated rings. The zero-order chi connectivity index (χ0) is 57.0. The molecule has 0 spiro atoms. The summed E-state index contributed by atoms with van der Waals surface area (Å²) in [5.74, 6) is 0. The molecule has 0 radical (unpaired) electrons. The van der Waals surface area contributed by atoms with E-state index in [1.54, 1.807) is 0 Å². The van der Waals surface area contributed by atoms with Gasteiger partial charge in [0, 0.05) is 45.5 Å². The van der Waals surface area contributed by atoms with E-state index in [-0.39, 0.29) is 10.8 Å². The molecule has 0 saturated heterocycles. The molecule has 1 aromatic heterocycles. The van der Waals surface area contributed by atoms with Gasteiger partial charge in [-0.2, -0.15) is 0 Å². The van der Waals surface area contributed by atoms with Gasteiger partial charge in [-0.15, -0.1) is 0 Å². The van der Waals surface area contributed by atoms with Crippen LogP contribution < -0.4 is 9.80 Å². The van der Waals surface area contributed by atoms with Crippen LogP contribution in [-0.2, 0) is 16.2 Å². The van der Waals surface area contributed by atoms with Crippen molar-refractivity contribution in [1.82, 2.24) is 0 Å². The monoisotopic (exact) mass is 1070 g/mol. The second kappa shape index (κ2) is 20.9. The van der Waals surface area contributed by atoms with E-state index in [4.69, 9.17) is 14.4 Å². The van der Waals surface area contributed by atoms with Crippen LogP contribution in [0.5, 0.6) is 0 Å². The van der Waals surface area contributed by atoms with Crippen LogP contribution in [0.3, 0.4) is 0 Å². The lowest BCUT2D eigenvalue weighted by molar-refractivity contribution is 0.590. The van der Waals surface area contributed by atoms with Crippen molar-refractivity contribution in [3.8, 4) is 33.4 Å². The Morgan fingerprint density at radius 3 is 1.25 bits per heavy atom. The standard InChI is InChI=1S/C78H66N4O/c1-9-80-73-68(82(63-48-40-57(41-49-63)77(5,6)7)61-44-36-55(37-45-61)53-26-16-11-17-27-53)51-65-71(74(73)79-8)72-66(78(65,58-28-18-12-19-29-58)59-30-20-13-21-31-59)50-67(70-64-32-22-23-33-69(64)83-75(70)72)81(62-46-38-56(39-47-62)76(2,3)4)60-42-34-54(35-43-60)52-24-14-10-15-25-52/h9-51H,8H2,1-7H3/b80-9-. The molecule has 0 atom stereocenters. The van der Waals surface area contributed by atoms with Crippen molar-refractivity contribution in [3.63, 3.8) is 0 Å². The first-order valence-corrected chi connectivity index (χ1v) is 28.8. The van der Waals surface area contributed by atoms with E-state index >= 15 is 0 Å². The number of hydrogen-bond acceptors (Lipinski definition) is 5. The molecule has 13 rings (SSSR count). The van der Waals surface area contributed by atoms with Gasteiger partial charge in [0.15, 0.2) is 0 Å². The largest absolute Gasteiger partial charge is 0.455 e. The molecule has 5 nitrogen and oxygen atoms in total. The summed E-state index contributed by atoms with van der Waals surface area (Å²) in [4.78, 5) is 15.3. The van der Waals surface area contributed by atoms with Gasteiger partial charge in [-0.3, -0.25) is 9.98 Å². The van der Waals surface area contributed by atoms with Crippen LogP contribution in [0.25, 0.3) is 55.3 Å². The summed E-state index contributed by atoms with van der Waals surface area (Å²) in [6.45, 7) is 20.0. The average molecular weight is 1080 g/mol. The molecule has 0 aliphatic heterocycles. The predicted octanol–water partition coefficient (Wildman–Crippen LogP) is 21.9. The Hall–Kier alpha value is -9.84. The normalized spacial score (nSPS) is 12.9. The number of rotatable bonds is 12. The first-order chi connectivity index (χ1) is 40.4. The molecule has 1 aliphatic rings. The number of anilines is 6. The van der Waals surface area contributed by atoms with Gasteiger partial charge in [0.25, 0.3) is 0 Å². The molecule has 12 aromatic rings. The molecule has 0 bridgehead atoms. The lowest BCUT2D eigenvalue weighted by Crippen LogP contribution is -2.29. The molecule has 5 heteroatoms. The summed E-state index contributed by atoms with van der Waals surface area (Å²) in [7, 11) is 0. The zero-order valence-electron chi connectivity index (χ0n) is 48.2. The summed E-state index contributed by atoms with van der Waals surface area (Å²) in [5.41, 5.74) is 21.0. The predicted molar refractivity (Wildman–Crippen MR) is 352 cm³/mol. The van der Waals surface area contributed by atoms with Crippen molar-refractivity contribution in [2.24, 2.45) is 9.98 Å². The fourth-order valence-electron chi connectivity index (χ4n) is 12.6. The third kappa shape index (κ3) is 9.05. The highest BCUT2D eigenvalue weighted by Gasteiger charge is 2.51. The fourth-order valence-corrected chi connectivity index (χ4v) is 12.6. The van der Waals surface area contributed by atoms with E-state index in [2.05, 4.69) is 313 Å². The van der Waals surface area contributed by atoms with Gasteiger partial charge in [0.2, 0.25) is 0 Å². The molecule has 0 amide bonds. The minimum atomic E-state index is -0.949. The smallest absolute Gasteiger partial charge is 0.145 e. The highest BCUT2D eigenvalue weighted by Crippen LogP contribution is 2.66. The van der Waals surface area contributed by atoms with Crippen LogP contribution in [0.1, 0.15) is 81.8 Å². The summed E-state index contributed by atoms with van der Waals surface area (Å²) in [5, 5.41) is 2.00. The van der Waals surface area contributed by atoms with Crippen molar-refractivity contribution in [3.05, 3.63) is 288 Å². The minimum Gasteiger partial charge on any atom is -0.455 e. The van der Waals surface area contributed by atoms with Gasteiger partial charge in [-0.1, -0.05) is 230 Å². The van der Waals surface area contributed by atoms with Crippen LogP contribution in [0.15, 0.2) is 269 Å². The number of aliphatic imine (C=N–C) groups is 2. The highest BCUT2D eigenvalue weighted by molar-refractivity contribution is 6.21. The molecule has 0 unspecified atom stereocenters. The fraction of sp³-hybridized carbons (Fsp3) is 0.128. The first kappa shape index (κ1) is 52.5. The van der Waals surface area contributed by atoms with Crippen molar-refractivity contribution in [1.29, 1.82) is 0 Å². The zero-order valence-corrected chi connectivity index (χ0v) is 48.2. The Morgan fingerprint density at radius 1 is 0.422 bits per heavy atom. The van der Waals surface area contributed by atoms with Gasteiger partial charge in [-0.25, -0.2) is 0 Å². The van der Waals surface area contributed by atoms with Crippen molar-refractivity contribution in [2.75, 3.05) is 9.80 Å². The number of fused-ring (bicyclic) bond motifs is 7. The SMILES string of the molecule is C=Nc1c(/N=C\C)c(N(c2ccc(-c3ccccc3)cc2)c2ccc(C(C)(C)C)cc2)cc2c1-c1c(cc(N(c3ccc(-c4ccccc4)cc3)c3ccc(C(C)(C)C)cc3)c3c1oc1ccccc13)C2(c1ccccc1)c1ccccc1. The molecule has 83 heavy (non-hydrogen) atoms. The van der Waals surface area contributed by atoms with Crippen molar-refractivity contribution in [2.45, 2.75) is 64.7 Å². The third-order valence-corrected chi connectivity index (χ3v) is 16.7. The van der Waals surface area contributed by atoms with E-state index in [0.717, 1.165) is 112 Å². The average Bonchev–Trinajstić information content (AvgIpc) is 1.97. The molecular formula is C78H66N4O. The highest BCUT2D eigenvalue weighted by atomic mass is 16.3. The molecule has 1 heterocycles. The van der Waals surface area contributed by atoms with Crippen molar-refractivity contribution < 1.29 is 4.42 Å². The van der Waals surface area contributed by atoms with E-state index < -0.39 is 5.41 Å². The number of nitrogens with zero attached hydrogens (tertiary/aromatic N) is 4. The van der Waals surface area contributed by atoms with E-state index in [1.165, 1.54) is 11.1 Å². The second-order valence-corrected chi connectivity index (χ2v) is 23.8. The van der Waals surface area contributed by atoms with Crippen LogP contribution in [-0.4, -0.2) is 12.9 Å². The van der Waals surface area contributed by atoms with E-state index in [0.29, 0.717) is 11.4 Å². The Morgan fingerprint density at radius 2 is 0.807 bits per heavy atom. The molecule has 1 aliphatic carbocycles. The Bertz CT molecular complexity index is 4320. The molecular weight excluding hydrogens is 1010 g/mol. The van der Waals surface area contributed by atoms with E-state index in [9.17, 15) is 0 Å². The lowest BCUT2D eigenvalue weighted by Gasteiger charge is -2.36. The summed E-state index contributed by atoms with van der Waals surface area (Å²) >= 11 is 0. The molecule has 0 N–H and O–H groups in total. The first-order valence-electron chi connectivity index (χ1n) is 28.8. The molecule has 0 saturated carbocycles. The Balaban J connectivity index is 1.17. The Kier molecular flexibility index (Phi) is 13.2. The minimum absolute atomic E-state index is 0.0491. The van der Waals surface area contributed by atoms with Gasteiger partial charge >= 0.3 is 0 Å².